The average molecular weight is 383 g/mol. The quantitative estimate of drug-likeness (QED) is 0.567. The molecule has 0 fully saturated rings. The lowest BCUT2D eigenvalue weighted by molar-refractivity contribution is 0.244. The zero-order valence-corrected chi connectivity index (χ0v) is 17.2. The fourth-order valence-electron chi connectivity index (χ4n) is 3.09. The number of nitrogens with zero attached hydrogens (tertiary/aromatic N) is 4. The van der Waals surface area contributed by atoms with Crippen molar-refractivity contribution in [3.8, 4) is 17.1 Å². The molecule has 0 unspecified atom stereocenters. The van der Waals surface area contributed by atoms with Crippen molar-refractivity contribution in [1.82, 2.24) is 19.2 Å². The number of rotatable bonds is 7. The largest absolute Gasteiger partial charge is 0.494 e. The van der Waals surface area contributed by atoms with Gasteiger partial charge in [-0.15, -0.1) is 0 Å². The van der Waals surface area contributed by atoms with Gasteiger partial charge < -0.3 is 9.30 Å². The van der Waals surface area contributed by atoms with E-state index in [0.717, 1.165) is 23.7 Å². The number of aryl methyl sites for hydroxylation is 1. The third-order valence-corrected chi connectivity index (χ3v) is 4.97. The Morgan fingerprint density at radius 3 is 2.48 bits per heavy atom. The van der Waals surface area contributed by atoms with Gasteiger partial charge >= 0.3 is 0 Å². The lowest BCUT2D eigenvalue weighted by Crippen LogP contribution is -2.22. The average Bonchev–Trinajstić information content (AvgIpc) is 2.92. The maximum absolute atomic E-state index is 5.61. The summed E-state index contributed by atoms with van der Waals surface area (Å²) in [7, 11) is 4.04. The number of ether oxygens (including phenoxy) is 1. The van der Waals surface area contributed by atoms with E-state index in [0.29, 0.717) is 18.0 Å². The van der Waals surface area contributed by atoms with Gasteiger partial charge in [0.25, 0.3) is 0 Å². The highest BCUT2D eigenvalue weighted by molar-refractivity contribution is 7.71. The van der Waals surface area contributed by atoms with Gasteiger partial charge in [-0.2, -0.15) is 5.10 Å². The molecule has 27 heavy (non-hydrogen) atoms. The maximum Gasteiger partial charge on any atom is 0.199 e. The Hall–Kier alpha value is -2.44. The zero-order chi connectivity index (χ0) is 19.4. The van der Waals surface area contributed by atoms with Gasteiger partial charge in [-0.05, 0) is 56.4 Å². The molecule has 3 rings (SSSR count). The lowest BCUT2D eigenvalue weighted by Gasteiger charge is -2.16. The van der Waals surface area contributed by atoms with Crippen molar-refractivity contribution >= 4 is 12.2 Å². The summed E-state index contributed by atoms with van der Waals surface area (Å²) in [5, 5.41) is 4.77. The summed E-state index contributed by atoms with van der Waals surface area (Å²) in [6.07, 6.45) is 0. The van der Waals surface area contributed by atoms with Crippen molar-refractivity contribution in [2.75, 3.05) is 13.7 Å². The maximum atomic E-state index is 5.61. The molecule has 1 heterocycles. The molecule has 0 atom stereocenters. The fraction of sp³-hybridized carbons (Fsp3) is 0.333. The Morgan fingerprint density at radius 2 is 1.81 bits per heavy atom. The molecule has 0 aliphatic rings. The van der Waals surface area contributed by atoms with Gasteiger partial charge in [0.15, 0.2) is 10.6 Å². The summed E-state index contributed by atoms with van der Waals surface area (Å²) in [4.78, 5) is 2.19. The molecule has 0 amide bonds. The Balaban J connectivity index is 1.75. The topological polar surface area (TPSA) is 35.2 Å². The van der Waals surface area contributed by atoms with Gasteiger partial charge in [-0.25, -0.2) is 4.68 Å². The first-order valence-corrected chi connectivity index (χ1v) is 9.50. The van der Waals surface area contributed by atoms with Crippen LogP contribution in [0.4, 0.5) is 0 Å². The van der Waals surface area contributed by atoms with E-state index >= 15 is 0 Å². The first-order valence-electron chi connectivity index (χ1n) is 9.09. The molecule has 0 bridgehead atoms. The van der Waals surface area contributed by atoms with Crippen molar-refractivity contribution in [1.29, 1.82) is 0 Å². The first kappa shape index (κ1) is 19.3. The van der Waals surface area contributed by atoms with Crippen LogP contribution < -0.4 is 4.74 Å². The molecule has 0 saturated carbocycles. The van der Waals surface area contributed by atoms with Crippen molar-refractivity contribution in [2.24, 2.45) is 7.05 Å². The second kappa shape index (κ2) is 8.50. The van der Waals surface area contributed by atoms with Gasteiger partial charge in [-0.3, -0.25) is 4.90 Å². The first-order chi connectivity index (χ1) is 13.0. The van der Waals surface area contributed by atoms with Crippen LogP contribution in [0.15, 0.2) is 48.5 Å². The van der Waals surface area contributed by atoms with Gasteiger partial charge in [-0.1, -0.05) is 36.4 Å². The van der Waals surface area contributed by atoms with Crippen LogP contribution in [0.5, 0.6) is 5.75 Å². The van der Waals surface area contributed by atoms with Crippen LogP contribution in [0.1, 0.15) is 18.1 Å². The van der Waals surface area contributed by atoms with Crippen LogP contribution in [0.25, 0.3) is 11.4 Å². The Bertz CT molecular complexity index is 959. The molecular weight excluding hydrogens is 356 g/mol. The predicted octanol–water partition coefficient (Wildman–Crippen LogP) is 4.41. The molecule has 142 valence electrons. The highest BCUT2D eigenvalue weighted by atomic mass is 32.1. The van der Waals surface area contributed by atoms with Crippen molar-refractivity contribution < 1.29 is 4.74 Å². The lowest BCUT2D eigenvalue weighted by atomic mass is 10.1. The molecule has 5 nitrogen and oxygen atoms in total. The second-order valence-electron chi connectivity index (χ2n) is 6.71. The Kier molecular flexibility index (Phi) is 6.08. The fourth-order valence-corrected chi connectivity index (χ4v) is 3.27. The van der Waals surface area contributed by atoms with Crippen molar-refractivity contribution in [3.05, 3.63) is 64.4 Å². The van der Waals surface area contributed by atoms with Crippen LogP contribution in [0.3, 0.4) is 0 Å². The summed E-state index contributed by atoms with van der Waals surface area (Å²) in [6.45, 7) is 6.20. The summed E-state index contributed by atoms with van der Waals surface area (Å²) >= 11 is 5.61. The number of hydrogen-bond acceptors (Lipinski definition) is 4. The van der Waals surface area contributed by atoms with E-state index in [-0.39, 0.29) is 0 Å². The minimum Gasteiger partial charge on any atom is -0.494 e. The minimum atomic E-state index is 0.631. The van der Waals surface area contributed by atoms with Gasteiger partial charge in [0, 0.05) is 19.2 Å². The number of aromatic nitrogens is 3. The molecule has 6 heteroatoms. The normalized spacial score (nSPS) is 11.1. The highest BCUT2D eigenvalue weighted by Crippen LogP contribution is 2.21. The molecular formula is C21H26N4OS. The monoisotopic (exact) mass is 382 g/mol. The van der Waals surface area contributed by atoms with Gasteiger partial charge in [0.05, 0.1) is 13.3 Å². The molecule has 3 aromatic rings. The molecule has 0 spiro atoms. The van der Waals surface area contributed by atoms with Crippen LogP contribution in [0.2, 0.25) is 0 Å². The smallest absolute Gasteiger partial charge is 0.199 e. The number of benzene rings is 2. The highest BCUT2D eigenvalue weighted by Gasteiger charge is 2.13. The molecule has 1 aromatic heterocycles. The van der Waals surface area contributed by atoms with E-state index in [4.69, 9.17) is 22.1 Å². The molecule has 0 aliphatic heterocycles. The van der Waals surface area contributed by atoms with Gasteiger partial charge in [0.1, 0.15) is 5.75 Å². The third kappa shape index (κ3) is 4.46. The van der Waals surface area contributed by atoms with E-state index in [2.05, 4.69) is 43.1 Å². The Morgan fingerprint density at radius 1 is 1.11 bits per heavy atom. The van der Waals surface area contributed by atoms with Gasteiger partial charge in [0.2, 0.25) is 0 Å². The third-order valence-electron chi connectivity index (χ3n) is 4.49. The summed E-state index contributed by atoms with van der Waals surface area (Å²) in [5.74, 6) is 1.80. The van der Waals surface area contributed by atoms with Crippen LogP contribution >= 0.6 is 12.2 Å². The van der Waals surface area contributed by atoms with E-state index in [1.165, 1.54) is 11.1 Å². The minimum absolute atomic E-state index is 0.631. The standard InChI is InChI=1S/C21H26N4OS/c1-5-26-18-12-10-17(11-13-18)14-23(3)15-25-21(27)24(4)20(22-25)19-9-7-6-8-16(19)2/h6-13H,5,14-15H2,1-4H3. The molecule has 0 saturated heterocycles. The van der Waals surface area contributed by atoms with Crippen LogP contribution in [-0.4, -0.2) is 32.9 Å². The van der Waals surface area contributed by atoms with Crippen molar-refractivity contribution in [3.63, 3.8) is 0 Å². The Labute approximate surface area is 165 Å². The zero-order valence-electron chi connectivity index (χ0n) is 16.3. The molecule has 0 radical (unpaired) electrons. The van der Waals surface area contributed by atoms with Crippen LogP contribution in [-0.2, 0) is 20.3 Å². The van der Waals surface area contributed by atoms with Crippen molar-refractivity contribution in [2.45, 2.75) is 27.1 Å². The van der Waals surface area contributed by atoms with Crippen LogP contribution in [0, 0.1) is 11.7 Å². The predicted molar refractivity (Wildman–Crippen MR) is 111 cm³/mol. The summed E-state index contributed by atoms with van der Waals surface area (Å²) in [5.41, 5.74) is 3.53. The second-order valence-corrected chi connectivity index (χ2v) is 7.08. The number of hydrogen-bond donors (Lipinski definition) is 0. The SMILES string of the molecule is CCOc1ccc(CN(C)Cn2nc(-c3ccccc3C)n(C)c2=S)cc1. The molecule has 2 aromatic carbocycles. The summed E-state index contributed by atoms with van der Waals surface area (Å²) < 4.78 is 10.1. The van der Waals surface area contributed by atoms with E-state index in [1.54, 1.807) is 0 Å². The van der Waals surface area contributed by atoms with E-state index < -0.39 is 0 Å². The molecule has 0 N–H and O–H groups in total. The molecule has 0 aliphatic carbocycles. The van der Waals surface area contributed by atoms with E-state index in [9.17, 15) is 0 Å². The summed E-state index contributed by atoms with van der Waals surface area (Å²) in [6, 6.07) is 16.5. The van der Waals surface area contributed by atoms with E-state index in [1.807, 2.05) is 47.5 Å².